The number of nitrogens with zero attached hydrogens (tertiary/aromatic N) is 5. The highest BCUT2D eigenvalue weighted by molar-refractivity contribution is 5.90. The minimum absolute atomic E-state index is 0.0307. The van der Waals surface area contributed by atoms with E-state index in [0.29, 0.717) is 42.9 Å². The van der Waals surface area contributed by atoms with Gasteiger partial charge in [-0.3, -0.25) is 4.79 Å². The quantitative estimate of drug-likeness (QED) is 0.467. The van der Waals surface area contributed by atoms with E-state index in [1.54, 1.807) is 12.4 Å². The number of hydrogen-bond acceptors (Lipinski definition) is 6. The van der Waals surface area contributed by atoms with Gasteiger partial charge in [-0.05, 0) is 63.4 Å². The lowest BCUT2D eigenvalue weighted by Crippen LogP contribution is -2.38. The summed E-state index contributed by atoms with van der Waals surface area (Å²) in [7, 11) is 0. The van der Waals surface area contributed by atoms with Crippen LogP contribution in [-0.4, -0.2) is 65.7 Å². The second-order valence-electron chi connectivity index (χ2n) is 10.2. The molecule has 1 saturated carbocycles. The van der Waals surface area contributed by atoms with Crippen molar-refractivity contribution in [1.82, 2.24) is 29.4 Å². The third-order valence-corrected chi connectivity index (χ3v) is 7.68. The van der Waals surface area contributed by atoms with Crippen LogP contribution in [-0.2, 0) is 0 Å². The largest absolute Gasteiger partial charge is 0.393 e. The Morgan fingerprint density at radius 2 is 1.97 bits per heavy atom. The van der Waals surface area contributed by atoms with Crippen LogP contribution in [0.3, 0.4) is 0 Å². The van der Waals surface area contributed by atoms with Crippen LogP contribution in [0.15, 0.2) is 24.8 Å². The topological polar surface area (TPSA) is 112 Å². The summed E-state index contributed by atoms with van der Waals surface area (Å²) >= 11 is 0. The number of aliphatic hydroxyl groups excluding tert-OH is 1. The van der Waals surface area contributed by atoms with E-state index in [2.05, 4.69) is 44.9 Å². The average molecular weight is 480 g/mol. The molecule has 1 atom stereocenters. The molecule has 2 aliphatic rings. The van der Waals surface area contributed by atoms with Gasteiger partial charge in [0.25, 0.3) is 5.91 Å². The molecule has 1 aliphatic heterocycles. The monoisotopic (exact) mass is 479 g/mol. The van der Waals surface area contributed by atoms with Crippen LogP contribution in [0.5, 0.6) is 0 Å². The minimum Gasteiger partial charge on any atom is -0.393 e. The predicted molar refractivity (Wildman–Crippen MR) is 135 cm³/mol. The number of anilines is 1. The number of hydrogen-bond donors (Lipinski definition) is 3. The summed E-state index contributed by atoms with van der Waals surface area (Å²) in [5.74, 6) is 1.41. The standard InChI is InChI=1S/C26H37N7O2/c1-3-4-17(2)30-26-29-15-21-22(16-33(24(21)31-26)19-5-7-20(34)8-6-19)18-9-13-32(14-10-18)25(35)23-27-11-12-28-23/h11-12,15-20,34H,3-10,13-14H2,1-2H3,(H,27,28)(H,29,30,31). The van der Waals surface area contributed by atoms with Gasteiger partial charge in [0, 0.05) is 55.3 Å². The maximum atomic E-state index is 12.7. The number of rotatable bonds is 7. The summed E-state index contributed by atoms with van der Waals surface area (Å²) in [5, 5.41) is 14.6. The molecule has 3 N–H and O–H groups in total. The van der Waals surface area contributed by atoms with Crippen LogP contribution in [0.4, 0.5) is 5.95 Å². The highest BCUT2D eigenvalue weighted by atomic mass is 16.3. The number of piperidine rings is 1. The zero-order chi connectivity index (χ0) is 24.4. The molecule has 1 aliphatic carbocycles. The Morgan fingerprint density at radius 3 is 2.66 bits per heavy atom. The maximum absolute atomic E-state index is 12.7. The molecule has 3 aromatic heterocycles. The molecule has 1 unspecified atom stereocenters. The van der Waals surface area contributed by atoms with E-state index < -0.39 is 0 Å². The Bertz CT molecular complexity index is 1130. The van der Waals surface area contributed by atoms with Gasteiger partial charge in [-0.15, -0.1) is 0 Å². The first-order valence-corrected chi connectivity index (χ1v) is 13.1. The fraction of sp³-hybridized carbons (Fsp3) is 0.615. The Balaban J connectivity index is 1.40. The Labute approximate surface area is 206 Å². The summed E-state index contributed by atoms with van der Waals surface area (Å²) in [6.45, 7) is 5.77. The lowest BCUT2D eigenvalue weighted by Gasteiger charge is -2.31. The normalized spacial score (nSPS) is 22.4. The van der Waals surface area contributed by atoms with E-state index in [-0.39, 0.29) is 12.0 Å². The minimum atomic E-state index is -0.190. The molecule has 188 valence electrons. The average Bonchev–Trinajstić information content (AvgIpc) is 3.53. The molecule has 0 aromatic carbocycles. The smallest absolute Gasteiger partial charge is 0.289 e. The molecule has 0 radical (unpaired) electrons. The van der Waals surface area contributed by atoms with Gasteiger partial charge in [-0.25, -0.2) is 9.97 Å². The van der Waals surface area contributed by atoms with Crippen molar-refractivity contribution < 1.29 is 9.90 Å². The molecular weight excluding hydrogens is 442 g/mol. The summed E-state index contributed by atoms with van der Waals surface area (Å²) in [5.41, 5.74) is 2.26. The van der Waals surface area contributed by atoms with Crippen molar-refractivity contribution in [3.63, 3.8) is 0 Å². The fourth-order valence-corrected chi connectivity index (χ4v) is 5.71. The second kappa shape index (κ2) is 10.4. The molecular formula is C26H37N7O2. The molecule has 1 saturated heterocycles. The van der Waals surface area contributed by atoms with Crippen LogP contribution >= 0.6 is 0 Å². The summed E-state index contributed by atoms with van der Waals surface area (Å²) in [6.07, 6.45) is 15.0. The highest BCUT2D eigenvalue weighted by Crippen LogP contribution is 2.38. The van der Waals surface area contributed by atoms with E-state index in [1.165, 1.54) is 5.56 Å². The Hall–Kier alpha value is -2.94. The van der Waals surface area contributed by atoms with E-state index in [9.17, 15) is 9.90 Å². The van der Waals surface area contributed by atoms with Crippen LogP contribution in [0.25, 0.3) is 11.0 Å². The Kier molecular flexibility index (Phi) is 7.04. The molecule has 35 heavy (non-hydrogen) atoms. The van der Waals surface area contributed by atoms with E-state index in [1.807, 2.05) is 11.1 Å². The van der Waals surface area contributed by atoms with Crippen molar-refractivity contribution in [2.75, 3.05) is 18.4 Å². The lowest BCUT2D eigenvalue weighted by molar-refractivity contribution is 0.0702. The number of imidazole rings is 1. The van der Waals surface area contributed by atoms with E-state index in [0.717, 1.165) is 62.4 Å². The number of aromatic nitrogens is 5. The molecule has 2 fully saturated rings. The highest BCUT2D eigenvalue weighted by Gasteiger charge is 2.30. The number of aliphatic hydroxyl groups is 1. The van der Waals surface area contributed by atoms with E-state index in [4.69, 9.17) is 4.98 Å². The maximum Gasteiger partial charge on any atom is 0.289 e. The molecule has 0 bridgehead atoms. The first-order chi connectivity index (χ1) is 17.0. The Morgan fingerprint density at radius 1 is 1.20 bits per heavy atom. The lowest BCUT2D eigenvalue weighted by atomic mass is 9.89. The summed E-state index contributed by atoms with van der Waals surface area (Å²) in [4.78, 5) is 31.3. The number of fused-ring (bicyclic) bond motifs is 1. The van der Waals surface area contributed by atoms with Crippen molar-refractivity contribution in [3.8, 4) is 0 Å². The number of H-pyrrole nitrogens is 1. The van der Waals surface area contributed by atoms with Gasteiger partial charge < -0.3 is 24.9 Å². The first-order valence-electron chi connectivity index (χ1n) is 13.1. The van der Waals surface area contributed by atoms with Crippen molar-refractivity contribution in [1.29, 1.82) is 0 Å². The fourth-order valence-electron chi connectivity index (χ4n) is 5.71. The molecule has 1 amide bonds. The molecule has 5 rings (SSSR count). The number of carbonyl (C=O) groups is 1. The van der Waals surface area contributed by atoms with Gasteiger partial charge in [0.2, 0.25) is 5.95 Å². The molecule has 4 heterocycles. The molecule has 0 spiro atoms. The third-order valence-electron chi connectivity index (χ3n) is 7.68. The van der Waals surface area contributed by atoms with Crippen molar-refractivity contribution in [2.45, 2.75) is 89.3 Å². The molecule has 9 heteroatoms. The van der Waals surface area contributed by atoms with Crippen molar-refractivity contribution >= 4 is 22.9 Å². The van der Waals surface area contributed by atoms with Gasteiger partial charge in [0.05, 0.1) is 6.10 Å². The van der Waals surface area contributed by atoms with Gasteiger partial charge >= 0.3 is 0 Å². The zero-order valence-electron chi connectivity index (χ0n) is 20.8. The third kappa shape index (κ3) is 5.05. The number of likely N-dealkylation sites (tertiary alicyclic amines) is 1. The van der Waals surface area contributed by atoms with Gasteiger partial charge in [0.15, 0.2) is 5.82 Å². The molecule has 9 nitrogen and oxygen atoms in total. The predicted octanol–water partition coefficient (Wildman–Crippen LogP) is 4.25. The zero-order valence-corrected chi connectivity index (χ0v) is 20.8. The van der Waals surface area contributed by atoms with Gasteiger partial charge in [-0.2, -0.15) is 4.98 Å². The number of nitrogens with one attached hydrogen (secondary N) is 2. The number of aromatic amines is 1. The van der Waals surface area contributed by atoms with Crippen LogP contribution < -0.4 is 5.32 Å². The van der Waals surface area contributed by atoms with Crippen molar-refractivity contribution in [3.05, 3.63) is 36.2 Å². The number of carbonyl (C=O) groups excluding carboxylic acids is 1. The first kappa shape index (κ1) is 23.8. The summed E-state index contributed by atoms with van der Waals surface area (Å²) < 4.78 is 2.34. The summed E-state index contributed by atoms with van der Waals surface area (Å²) in [6, 6.07) is 0.660. The van der Waals surface area contributed by atoms with E-state index >= 15 is 0 Å². The second-order valence-corrected chi connectivity index (χ2v) is 10.2. The van der Waals surface area contributed by atoms with Crippen LogP contribution in [0.2, 0.25) is 0 Å². The van der Waals surface area contributed by atoms with Gasteiger partial charge in [0.1, 0.15) is 5.65 Å². The SMILES string of the molecule is CCCC(C)Nc1ncc2c(C3CCN(C(=O)c4ncc[nH]4)CC3)cn(C3CCC(O)CC3)c2n1. The van der Waals surface area contributed by atoms with Crippen LogP contribution in [0.1, 0.15) is 93.4 Å². The van der Waals surface area contributed by atoms with Crippen LogP contribution in [0, 0.1) is 0 Å². The van der Waals surface area contributed by atoms with Gasteiger partial charge in [-0.1, -0.05) is 13.3 Å². The van der Waals surface area contributed by atoms with Crippen molar-refractivity contribution in [2.24, 2.45) is 0 Å². The molecule has 3 aromatic rings. The number of amides is 1.